The Bertz CT molecular complexity index is 1050. The molecule has 2 amide bonds. The lowest BCUT2D eigenvalue weighted by molar-refractivity contribution is -0.123. The molecule has 1 aromatic heterocycles. The summed E-state index contributed by atoms with van der Waals surface area (Å²) in [6.07, 6.45) is 0.878. The van der Waals surface area contributed by atoms with Crippen LogP contribution < -0.4 is 4.90 Å². The second kappa shape index (κ2) is 5.81. The molecule has 1 fully saturated rings. The molecule has 1 saturated heterocycles. The maximum absolute atomic E-state index is 13.4. The number of hydrogen-bond donors (Lipinski definition) is 1. The Hall–Kier alpha value is -2.88. The number of benzene rings is 2. The van der Waals surface area contributed by atoms with Crippen molar-refractivity contribution < 1.29 is 9.59 Å². The fraction of sp³-hybridized carbons (Fsp3) is 0.304. The number of H-pyrrole nitrogens is 1. The normalized spacial score (nSPS) is 27.1. The van der Waals surface area contributed by atoms with Crippen LogP contribution in [0.15, 0.2) is 54.6 Å². The summed E-state index contributed by atoms with van der Waals surface area (Å²) >= 11 is 0. The van der Waals surface area contributed by atoms with Crippen LogP contribution in [0.2, 0.25) is 0 Å². The fourth-order valence-corrected chi connectivity index (χ4v) is 5.31. The molecular weight excluding hydrogens is 336 g/mol. The Morgan fingerprint density at radius 1 is 0.963 bits per heavy atom. The Morgan fingerprint density at radius 2 is 1.67 bits per heavy atom. The highest BCUT2D eigenvalue weighted by atomic mass is 16.2. The zero-order valence-corrected chi connectivity index (χ0v) is 15.5. The highest BCUT2D eigenvalue weighted by Gasteiger charge is 2.57. The van der Waals surface area contributed by atoms with Gasteiger partial charge in [0.25, 0.3) is 0 Å². The van der Waals surface area contributed by atoms with E-state index in [1.165, 1.54) is 15.8 Å². The first-order valence-corrected chi connectivity index (χ1v) is 9.66. The monoisotopic (exact) mass is 358 g/mol. The van der Waals surface area contributed by atoms with Crippen LogP contribution in [0.1, 0.15) is 43.4 Å². The number of nitrogens with one attached hydrogen (secondary N) is 1. The molecule has 2 aromatic carbocycles. The number of carbonyl (C=O) groups is 2. The van der Waals surface area contributed by atoms with E-state index in [1.807, 2.05) is 48.5 Å². The molecule has 1 N–H and O–H groups in total. The van der Waals surface area contributed by atoms with Crippen LogP contribution in [-0.4, -0.2) is 16.8 Å². The molecule has 2 heterocycles. The van der Waals surface area contributed by atoms with Crippen LogP contribution in [0.4, 0.5) is 5.69 Å². The van der Waals surface area contributed by atoms with Gasteiger partial charge in [-0.1, -0.05) is 56.7 Å². The average molecular weight is 358 g/mol. The Balaban J connectivity index is 1.73. The summed E-state index contributed by atoms with van der Waals surface area (Å²) < 4.78 is 0. The fourth-order valence-electron chi connectivity index (χ4n) is 5.31. The number of hydrogen-bond acceptors (Lipinski definition) is 2. The number of nitrogens with zero attached hydrogens (tertiary/aromatic N) is 1. The number of para-hydroxylation sites is 2. The van der Waals surface area contributed by atoms with Gasteiger partial charge in [0.2, 0.25) is 11.8 Å². The van der Waals surface area contributed by atoms with Crippen molar-refractivity contribution in [3.05, 3.63) is 65.9 Å². The van der Waals surface area contributed by atoms with Crippen LogP contribution in [-0.2, 0) is 9.59 Å². The van der Waals surface area contributed by atoms with Crippen molar-refractivity contribution in [2.24, 2.45) is 11.8 Å². The SMILES string of the molecule is CC[C@@H]1[C@H]2C(=O)N(c3ccccc3)C(=O)[C@@H]2c2[nH]c3ccccc3c2[C@@H]1C. The van der Waals surface area contributed by atoms with Crippen molar-refractivity contribution in [3.8, 4) is 0 Å². The second-order valence-corrected chi connectivity index (χ2v) is 7.71. The summed E-state index contributed by atoms with van der Waals surface area (Å²) in [5, 5.41) is 1.18. The molecule has 0 bridgehead atoms. The van der Waals surface area contributed by atoms with Gasteiger partial charge in [-0.3, -0.25) is 9.59 Å². The Labute approximate surface area is 158 Å². The molecule has 0 unspecified atom stereocenters. The van der Waals surface area contributed by atoms with Gasteiger partial charge in [0, 0.05) is 16.6 Å². The van der Waals surface area contributed by atoms with Crippen molar-refractivity contribution in [2.45, 2.75) is 32.1 Å². The molecule has 2 aliphatic rings. The van der Waals surface area contributed by atoms with Crippen molar-refractivity contribution >= 4 is 28.4 Å². The summed E-state index contributed by atoms with van der Waals surface area (Å²) in [7, 11) is 0. The molecular formula is C23H22N2O2. The highest BCUT2D eigenvalue weighted by molar-refractivity contribution is 6.24. The molecule has 3 aromatic rings. The largest absolute Gasteiger partial charge is 0.357 e. The Kier molecular flexibility index (Phi) is 3.51. The first kappa shape index (κ1) is 16.3. The molecule has 0 saturated carbocycles. The quantitative estimate of drug-likeness (QED) is 0.682. The van der Waals surface area contributed by atoms with Gasteiger partial charge in [0.15, 0.2) is 0 Å². The first-order valence-electron chi connectivity index (χ1n) is 9.66. The number of imide groups is 1. The third-order valence-electron chi connectivity index (χ3n) is 6.48. The highest BCUT2D eigenvalue weighted by Crippen LogP contribution is 2.54. The van der Waals surface area contributed by atoms with E-state index in [9.17, 15) is 9.59 Å². The van der Waals surface area contributed by atoms with Gasteiger partial charge in [0.05, 0.1) is 17.5 Å². The van der Waals surface area contributed by atoms with Crippen molar-refractivity contribution in [2.75, 3.05) is 4.90 Å². The number of fused-ring (bicyclic) bond motifs is 5. The number of amides is 2. The van der Waals surface area contributed by atoms with Gasteiger partial charge in [-0.25, -0.2) is 4.90 Å². The summed E-state index contributed by atoms with van der Waals surface area (Å²) in [6.45, 7) is 4.33. The van der Waals surface area contributed by atoms with Crippen LogP contribution >= 0.6 is 0 Å². The lowest BCUT2D eigenvalue weighted by atomic mass is 9.66. The lowest BCUT2D eigenvalue weighted by Crippen LogP contribution is -2.34. The standard InChI is InChI=1S/C23H22N2O2/c1-3-15-13(2)18-16-11-7-8-12-17(16)24-21(18)20-19(15)22(26)25(23(20)27)14-9-5-4-6-10-14/h4-13,15,19-20,24H,3H2,1-2H3/t13-,15+,19-,20+/m1/s1. The molecule has 27 heavy (non-hydrogen) atoms. The van der Waals surface area contributed by atoms with Gasteiger partial charge in [0.1, 0.15) is 0 Å². The van der Waals surface area contributed by atoms with Crippen molar-refractivity contribution in [1.82, 2.24) is 4.98 Å². The Morgan fingerprint density at radius 3 is 2.41 bits per heavy atom. The van der Waals surface area contributed by atoms with E-state index in [1.54, 1.807) is 0 Å². The minimum Gasteiger partial charge on any atom is -0.357 e. The van der Waals surface area contributed by atoms with Gasteiger partial charge < -0.3 is 4.98 Å². The van der Waals surface area contributed by atoms with Crippen molar-refractivity contribution in [3.63, 3.8) is 0 Å². The minimum absolute atomic E-state index is 0.0563. The molecule has 0 spiro atoms. The maximum atomic E-state index is 13.4. The van der Waals surface area contributed by atoms with E-state index in [0.717, 1.165) is 17.6 Å². The molecule has 1 aliphatic heterocycles. The zero-order valence-electron chi connectivity index (χ0n) is 15.5. The van der Waals surface area contributed by atoms with Crippen molar-refractivity contribution in [1.29, 1.82) is 0 Å². The van der Waals surface area contributed by atoms with Gasteiger partial charge in [-0.05, 0) is 35.6 Å². The topological polar surface area (TPSA) is 53.2 Å². The second-order valence-electron chi connectivity index (χ2n) is 7.71. The van der Waals surface area contributed by atoms with Gasteiger partial charge in [-0.15, -0.1) is 0 Å². The average Bonchev–Trinajstić information content (AvgIpc) is 3.19. The van der Waals surface area contributed by atoms with Gasteiger partial charge in [-0.2, -0.15) is 0 Å². The third-order valence-corrected chi connectivity index (χ3v) is 6.48. The van der Waals surface area contributed by atoms with E-state index in [4.69, 9.17) is 0 Å². The molecule has 4 nitrogen and oxygen atoms in total. The van der Waals surface area contributed by atoms with E-state index in [2.05, 4.69) is 24.9 Å². The summed E-state index contributed by atoms with van der Waals surface area (Å²) in [4.78, 5) is 31.7. The minimum atomic E-state index is -0.416. The third kappa shape index (κ3) is 2.10. The van der Waals surface area contributed by atoms with Gasteiger partial charge >= 0.3 is 0 Å². The number of aromatic nitrogens is 1. The summed E-state index contributed by atoms with van der Waals surface area (Å²) in [5.41, 5.74) is 3.87. The molecule has 4 atom stereocenters. The van der Waals surface area contributed by atoms with Crippen LogP contribution in [0.3, 0.4) is 0 Å². The molecule has 136 valence electrons. The lowest BCUT2D eigenvalue weighted by Gasteiger charge is -2.35. The number of anilines is 1. The van der Waals surface area contributed by atoms with Crippen LogP contribution in [0.25, 0.3) is 10.9 Å². The maximum Gasteiger partial charge on any atom is 0.243 e. The summed E-state index contributed by atoms with van der Waals surface area (Å²) in [6, 6.07) is 17.5. The predicted octanol–water partition coefficient (Wildman–Crippen LogP) is 4.58. The smallest absolute Gasteiger partial charge is 0.243 e. The summed E-state index contributed by atoms with van der Waals surface area (Å²) in [5.74, 6) is -0.477. The molecule has 0 radical (unpaired) electrons. The van der Waals surface area contributed by atoms with E-state index in [0.29, 0.717) is 5.69 Å². The number of carbonyl (C=O) groups excluding carboxylic acids is 2. The van der Waals surface area contributed by atoms with Crippen LogP contribution in [0.5, 0.6) is 0 Å². The molecule has 5 rings (SSSR count). The number of rotatable bonds is 2. The van der Waals surface area contributed by atoms with E-state index in [-0.39, 0.29) is 29.6 Å². The number of aromatic amines is 1. The van der Waals surface area contributed by atoms with E-state index >= 15 is 0 Å². The molecule has 4 heteroatoms. The molecule has 1 aliphatic carbocycles. The zero-order chi connectivity index (χ0) is 18.7. The van der Waals surface area contributed by atoms with Crippen LogP contribution in [0, 0.1) is 11.8 Å². The van der Waals surface area contributed by atoms with E-state index < -0.39 is 5.92 Å². The first-order chi connectivity index (χ1) is 13.1. The predicted molar refractivity (Wildman–Crippen MR) is 106 cm³/mol.